The molecule has 1 heterocycles. The minimum atomic E-state index is -0.497. The van der Waals surface area contributed by atoms with Crippen LogP contribution < -0.4 is 0 Å². The molecule has 0 radical (unpaired) electrons. The molecular formula is C16H19NO2S. The lowest BCUT2D eigenvalue weighted by Gasteiger charge is -2.19. The van der Waals surface area contributed by atoms with Gasteiger partial charge in [-0.1, -0.05) is 18.2 Å². The number of ether oxygens (including phenoxy) is 1. The highest BCUT2D eigenvalue weighted by Crippen LogP contribution is 2.20. The van der Waals surface area contributed by atoms with Gasteiger partial charge in [-0.2, -0.15) is 12.6 Å². The fourth-order valence-corrected chi connectivity index (χ4v) is 2.03. The first-order valence-corrected chi connectivity index (χ1v) is 7.16. The third-order valence-corrected chi connectivity index (χ3v) is 2.93. The number of fused-ring (bicyclic) bond motifs is 1. The van der Waals surface area contributed by atoms with Crippen LogP contribution in [0.1, 0.15) is 26.3 Å². The van der Waals surface area contributed by atoms with Crippen LogP contribution in [0, 0.1) is 0 Å². The van der Waals surface area contributed by atoms with Gasteiger partial charge in [0.1, 0.15) is 5.60 Å². The summed E-state index contributed by atoms with van der Waals surface area (Å²) in [7, 11) is 0. The van der Waals surface area contributed by atoms with Crippen LogP contribution >= 0.6 is 12.6 Å². The van der Waals surface area contributed by atoms with E-state index in [4.69, 9.17) is 4.74 Å². The molecule has 20 heavy (non-hydrogen) atoms. The topological polar surface area (TPSA) is 31.2 Å². The highest BCUT2D eigenvalue weighted by Gasteiger charge is 2.18. The summed E-state index contributed by atoms with van der Waals surface area (Å²) in [5.41, 5.74) is 1.44. The van der Waals surface area contributed by atoms with Crippen molar-refractivity contribution >= 4 is 35.7 Å². The molecule has 0 N–H and O–H groups in total. The van der Waals surface area contributed by atoms with E-state index < -0.39 is 5.60 Å². The number of aromatic nitrogens is 1. The second-order valence-electron chi connectivity index (χ2n) is 5.57. The van der Waals surface area contributed by atoms with Gasteiger partial charge in [0, 0.05) is 17.3 Å². The van der Waals surface area contributed by atoms with E-state index in [1.54, 1.807) is 6.20 Å². The van der Waals surface area contributed by atoms with E-state index in [2.05, 4.69) is 12.6 Å². The molecule has 0 unspecified atom stereocenters. The minimum Gasteiger partial charge on any atom is -0.443 e. The molecule has 106 valence electrons. The van der Waals surface area contributed by atoms with Crippen LogP contribution in [0.4, 0.5) is 4.79 Å². The monoisotopic (exact) mass is 289 g/mol. The lowest BCUT2D eigenvalue weighted by Crippen LogP contribution is -2.26. The largest absolute Gasteiger partial charge is 0.443 e. The Morgan fingerprint density at radius 2 is 2.10 bits per heavy atom. The zero-order chi connectivity index (χ0) is 14.8. The number of rotatable bonds is 2. The summed E-state index contributed by atoms with van der Waals surface area (Å²) in [6, 6.07) is 7.86. The van der Waals surface area contributed by atoms with Gasteiger partial charge in [-0.3, -0.25) is 4.57 Å². The third kappa shape index (κ3) is 3.45. The predicted molar refractivity (Wildman–Crippen MR) is 86.5 cm³/mol. The van der Waals surface area contributed by atoms with Crippen LogP contribution in [0.2, 0.25) is 0 Å². The molecule has 1 aromatic carbocycles. The average molecular weight is 289 g/mol. The Morgan fingerprint density at radius 1 is 1.35 bits per heavy atom. The molecule has 0 bridgehead atoms. The van der Waals surface area contributed by atoms with Crippen LogP contribution in [-0.4, -0.2) is 22.0 Å². The molecule has 0 spiro atoms. The third-order valence-electron chi connectivity index (χ3n) is 2.72. The van der Waals surface area contributed by atoms with Crippen LogP contribution in [0.15, 0.2) is 36.5 Å². The van der Waals surface area contributed by atoms with E-state index in [0.29, 0.717) is 5.75 Å². The second kappa shape index (κ2) is 5.75. The van der Waals surface area contributed by atoms with Gasteiger partial charge in [0.15, 0.2) is 0 Å². The molecule has 0 saturated carbocycles. The smallest absolute Gasteiger partial charge is 0.418 e. The predicted octanol–water partition coefficient (Wildman–Crippen LogP) is 4.37. The molecule has 0 aliphatic rings. The molecule has 1 aromatic heterocycles. The van der Waals surface area contributed by atoms with Crippen molar-refractivity contribution < 1.29 is 9.53 Å². The van der Waals surface area contributed by atoms with Crippen LogP contribution in [0.5, 0.6) is 0 Å². The van der Waals surface area contributed by atoms with Crippen molar-refractivity contribution in [3.05, 3.63) is 42.1 Å². The quantitative estimate of drug-likeness (QED) is 0.832. The zero-order valence-electron chi connectivity index (χ0n) is 12.0. The Labute approximate surface area is 124 Å². The van der Waals surface area contributed by atoms with E-state index in [9.17, 15) is 4.79 Å². The van der Waals surface area contributed by atoms with Gasteiger partial charge in [0.25, 0.3) is 0 Å². The number of carbonyl (C=O) groups excluding carboxylic acids is 1. The lowest BCUT2D eigenvalue weighted by molar-refractivity contribution is 0.0544. The molecule has 2 rings (SSSR count). The Bertz CT molecular complexity index is 650. The summed E-state index contributed by atoms with van der Waals surface area (Å²) in [5.74, 6) is 0.705. The Morgan fingerprint density at radius 3 is 2.75 bits per heavy atom. The van der Waals surface area contributed by atoms with Gasteiger partial charge in [0.05, 0.1) is 5.52 Å². The Hall–Kier alpha value is -1.68. The fourth-order valence-electron chi connectivity index (χ4n) is 1.92. The van der Waals surface area contributed by atoms with Crippen molar-refractivity contribution in [1.82, 2.24) is 4.57 Å². The average Bonchev–Trinajstić information content (AvgIpc) is 2.77. The van der Waals surface area contributed by atoms with Crippen molar-refractivity contribution in [1.29, 1.82) is 0 Å². The molecule has 0 atom stereocenters. The van der Waals surface area contributed by atoms with Crippen molar-refractivity contribution in [2.45, 2.75) is 26.4 Å². The molecule has 0 amide bonds. The zero-order valence-corrected chi connectivity index (χ0v) is 12.9. The maximum absolute atomic E-state index is 12.1. The maximum Gasteiger partial charge on any atom is 0.418 e. The summed E-state index contributed by atoms with van der Waals surface area (Å²) >= 11 is 4.14. The summed E-state index contributed by atoms with van der Waals surface area (Å²) in [6.07, 6.45) is 5.38. The van der Waals surface area contributed by atoms with E-state index in [-0.39, 0.29) is 6.09 Å². The summed E-state index contributed by atoms with van der Waals surface area (Å²) < 4.78 is 6.92. The molecule has 0 fully saturated rings. The molecule has 0 aliphatic heterocycles. The number of nitrogens with zero attached hydrogens (tertiary/aromatic N) is 1. The highest BCUT2D eigenvalue weighted by atomic mass is 32.1. The van der Waals surface area contributed by atoms with Crippen molar-refractivity contribution in [3.63, 3.8) is 0 Å². The summed E-state index contributed by atoms with van der Waals surface area (Å²) in [5, 5.41) is 1.01. The van der Waals surface area contributed by atoms with E-state index in [0.717, 1.165) is 16.5 Å². The van der Waals surface area contributed by atoms with Crippen LogP contribution in [-0.2, 0) is 4.74 Å². The van der Waals surface area contributed by atoms with E-state index >= 15 is 0 Å². The fraction of sp³-hybridized carbons (Fsp3) is 0.312. The van der Waals surface area contributed by atoms with Crippen molar-refractivity contribution in [2.75, 3.05) is 5.75 Å². The molecule has 0 saturated heterocycles. The summed E-state index contributed by atoms with van der Waals surface area (Å²) in [4.78, 5) is 12.1. The first-order valence-electron chi connectivity index (χ1n) is 6.52. The standard InChI is InChI=1S/C16H19NO2S/c1-16(2,3)19-15(18)17-9-8-13-11-12(5-4-10-20)6-7-14(13)17/h4-9,11,20H,10H2,1-3H3. The highest BCUT2D eigenvalue weighted by molar-refractivity contribution is 7.80. The van der Waals surface area contributed by atoms with Gasteiger partial charge in [-0.25, -0.2) is 4.79 Å². The van der Waals surface area contributed by atoms with Gasteiger partial charge < -0.3 is 4.74 Å². The van der Waals surface area contributed by atoms with Crippen LogP contribution in [0.3, 0.4) is 0 Å². The molecular weight excluding hydrogens is 270 g/mol. The number of carbonyl (C=O) groups is 1. The minimum absolute atomic E-state index is 0.355. The van der Waals surface area contributed by atoms with Crippen molar-refractivity contribution in [3.8, 4) is 0 Å². The van der Waals surface area contributed by atoms with Crippen molar-refractivity contribution in [2.24, 2.45) is 0 Å². The molecule has 3 nitrogen and oxygen atoms in total. The Kier molecular flexibility index (Phi) is 4.23. The lowest BCUT2D eigenvalue weighted by atomic mass is 10.1. The van der Waals surface area contributed by atoms with E-state index in [1.165, 1.54) is 4.57 Å². The van der Waals surface area contributed by atoms with Crippen LogP contribution in [0.25, 0.3) is 17.0 Å². The summed E-state index contributed by atoms with van der Waals surface area (Å²) in [6.45, 7) is 5.57. The maximum atomic E-state index is 12.1. The van der Waals surface area contributed by atoms with Gasteiger partial charge in [-0.15, -0.1) is 0 Å². The van der Waals surface area contributed by atoms with E-state index in [1.807, 2.05) is 57.2 Å². The first-order chi connectivity index (χ1) is 9.40. The number of thiol groups is 1. The Balaban J connectivity index is 2.33. The normalized spacial score (nSPS) is 12.2. The number of hydrogen-bond acceptors (Lipinski definition) is 3. The number of hydrogen-bond donors (Lipinski definition) is 1. The number of benzene rings is 1. The first kappa shape index (κ1) is 14.7. The molecule has 2 aromatic rings. The van der Waals surface area contributed by atoms with Gasteiger partial charge >= 0.3 is 6.09 Å². The molecule has 4 heteroatoms. The second-order valence-corrected chi connectivity index (χ2v) is 5.93. The van der Waals surface area contributed by atoms with Gasteiger partial charge in [0.2, 0.25) is 0 Å². The van der Waals surface area contributed by atoms with Gasteiger partial charge in [-0.05, 0) is 44.5 Å². The molecule has 0 aliphatic carbocycles. The SMILES string of the molecule is CC(C)(C)OC(=O)n1ccc2cc(C=CCS)ccc21.